The summed E-state index contributed by atoms with van der Waals surface area (Å²) in [5.74, 6) is 0.0693. The van der Waals surface area contributed by atoms with Gasteiger partial charge in [-0.3, -0.25) is 9.59 Å². The first kappa shape index (κ1) is 28.8. The Morgan fingerprint density at radius 1 is 0.977 bits per heavy atom. The van der Waals surface area contributed by atoms with Crippen molar-refractivity contribution in [2.24, 2.45) is 5.41 Å². The van der Waals surface area contributed by atoms with Crippen LogP contribution in [0.5, 0.6) is 0 Å². The van der Waals surface area contributed by atoms with Crippen molar-refractivity contribution in [3.05, 3.63) is 107 Å². The Morgan fingerprint density at radius 3 is 2.47 bits per heavy atom. The Balaban J connectivity index is 1.35. The number of amides is 1. The number of carbonyl (C=O) groups excluding carboxylic acids is 2. The first-order valence-electron chi connectivity index (χ1n) is 15.3. The molecule has 4 aromatic rings. The predicted molar refractivity (Wildman–Crippen MR) is 175 cm³/mol. The number of hydrogen-bond acceptors (Lipinski definition) is 4. The van der Waals surface area contributed by atoms with Gasteiger partial charge in [0.1, 0.15) is 0 Å². The van der Waals surface area contributed by atoms with E-state index < -0.39 is 0 Å². The fraction of sp³-hybridized carbons (Fsp3) is 0.351. The summed E-state index contributed by atoms with van der Waals surface area (Å²) in [4.78, 5) is 33.1. The van der Waals surface area contributed by atoms with Crippen molar-refractivity contribution in [2.75, 3.05) is 23.3 Å². The van der Waals surface area contributed by atoms with Crippen LogP contribution in [0.2, 0.25) is 0 Å². The minimum Gasteiger partial charge on any atom is -0.361 e. The number of nitrogens with zero attached hydrogens (tertiary/aromatic N) is 1. The number of carbonyl (C=O) groups is 2. The number of nitrogens with one attached hydrogen (secondary N) is 3. The standard InChI is InChI=1S/C37H42N4O2/c1-36(2,3)26-16-14-24(15-17-26)35-34-30(20-37(4,5)21-32(34)42)40-29-12-8-9-13-31(29)41(35)23-33(43)38-19-18-25-22-39-28-11-7-6-10-27(25)28/h6-17,22,35,39-40H,18-21,23H2,1-5H3,(H,38,43). The zero-order valence-corrected chi connectivity index (χ0v) is 25.9. The first-order chi connectivity index (χ1) is 20.5. The number of para-hydroxylation sites is 3. The number of aromatic amines is 1. The summed E-state index contributed by atoms with van der Waals surface area (Å²) in [5.41, 5.74) is 7.95. The van der Waals surface area contributed by atoms with Gasteiger partial charge in [-0.15, -0.1) is 0 Å². The summed E-state index contributed by atoms with van der Waals surface area (Å²) in [7, 11) is 0. The molecule has 6 rings (SSSR count). The molecule has 1 aromatic heterocycles. The van der Waals surface area contributed by atoms with E-state index in [0.29, 0.717) is 13.0 Å². The molecule has 3 aromatic carbocycles. The summed E-state index contributed by atoms with van der Waals surface area (Å²) in [5, 5.41) is 7.99. The topological polar surface area (TPSA) is 77.2 Å². The van der Waals surface area contributed by atoms with Crippen LogP contribution in [0.4, 0.5) is 11.4 Å². The van der Waals surface area contributed by atoms with E-state index in [-0.39, 0.29) is 35.1 Å². The second-order valence-corrected chi connectivity index (χ2v) is 13.8. The van der Waals surface area contributed by atoms with Crippen LogP contribution >= 0.6 is 0 Å². The minimum atomic E-state index is -0.386. The number of allylic oxidation sites excluding steroid dienone is 1. The lowest BCUT2D eigenvalue weighted by Gasteiger charge is -2.38. The molecule has 0 saturated carbocycles. The van der Waals surface area contributed by atoms with Crippen LogP contribution in [-0.4, -0.2) is 29.8 Å². The maximum absolute atomic E-state index is 14.0. The molecule has 43 heavy (non-hydrogen) atoms. The van der Waals surface area contributed by atoms with Crippen LogP contribution in [0.1, 0.15) is 70.2 Å². The Labute approximate surface area is 254 Å². The smallest absolute Gasteiger partial charge is 0.239 e. The second kappa shape index (κ2) is 11.1. The first-order valence-corrected chi connectivity index (χ1v) is 15.3. The van der Waals surface area contributed by atoms with Gasteiger partial charge in [0.2, 0.25) is 5.91 Å². The summed E-state index contributed by atoms with van der Waals surface area (Å²) in [6.07, 6.45) is 4.00. The highest BCUT2D eigenvalue weighted by Crippen LogP contribution is 2.48. The number of rotatable bonds is 6. The highest BCUT2D eigenvalue weighted by molar-refractivity contribution is 6.02. The van der Waals surface area contributed by atoms with E-state index in [4.69, 9.17) is 0 Å². The number of hydrogen-bond donors (Lipinski definition) is 3. The average Bonchev–Trinajstić information content (AvgIpc) is 3.30. The Hall–Kier alpha value is -4.32. The molecule has 6 heteroatoms. The number of aromatic nitrogens is 1. The third-order valence-corrected chi connectivity index (χ3v) is 8.80. The SMILES string of the molecule is CC1(C)CC(=O)C2=C(C1)Nc1ccccc1N(CC(=O)NCCc1c[nH]c3ccccc13)C2c1ccc(C(C)(C)C)cc1. The van der Waals surface area contributed by atoms with Crippen LogP contribution in [0, 0.1) is 5.41 Å². The van der Waals surface area contributed by atoms with Crippen LogP contribution in [0.3, 0.4) is 0 Å². The van der Waals surface area contributed by atoms with Gasteiger partial charge in [-0.1, -0.05) is 89.2 Å². The molecule has 1 unspecified atom stereocenters. The number of fused-ring (bicyclic) bond motifs is 2. The van der Waals surface area contributed by atoms with Crippen LogP contribution in [0.15, 0.2) is 90.3 Å². The maximum atomic E-state index is 14.0. The molecule has 0 radical (unpaired) electrons. The highest BCUT2D eigenvalue weighted by atomic mass is 16.2. The van der Waals surface area contributed by atoms with E-state index in [2.05, 4.69) is 91.5 Å². The van der Waals surface area contributed by atoms with Crippen molar-refractivity contribution in [1.29, 1.82) is 0 Å². The van der Waals surface area contributed by atoms with E-state index in [1.54, 1.807) is 0 Å². The Bertz CT molecular complexity index is 1700. The quantitative estimate of drug-likeness (QED) is 0.224. The zero-order chi connectivity index (χ0) is 30.4. The van der Waals surface area contributed by atoms with E-state index >= 15 is 0 Å². The zero-order valence-electron chi connectivity index (χ0n) is 25.9. The fourth-order valence-electron chi connectivity index (χ4n) is 6.62. The second-order valence-electron chi connectivity index (χ2n) is 13.8. The molecule has 1 amide bonds. The number of anilines is 2. The largest absolute Gasteiger partial charge is 0.361 e. The van der Waals surface area contributed by atoms with Gasteiger partial charge in [0.15, 0.2) is 5.78 Å². The van der Waals surface area contributed by atoms with Crippen molar-refractivity contribution in [3.63, 3.8) is 0 Å². The van der Waals surface area contributed by atoms with E-state index in [0.717, 1.165) is 46.6 Å². The van der Waals surface area contributed by atoms with E-state index in [1.807, 2.05) is 42.6 Å². The molecule has 0 saturated heterocycles. The van der Waals surface area contributed by atoms with Crippen molar-refractivity contribution < 1.29 is 9.59 Å². The van der Waals surface area contributed by atoms with Gasteiger partial charge >= 0.3 is 0 Å². The summed E-state index contributed by atoms with van der Waals surface area (Å²) in [6.45, 7) is 11.6. The summed E-state index contributed by atoms with van der Waals surface area (Å²) >= 11 is 0. The van der Waals surface area contributed by atoms with Crippen molar-refractivity contribution in [2.45, 2.75) is 65.3 Å². The molecule has 1 aliphatic heterocycles. The minimum absolute atomic E-state index is 0.00954. The molecule has 1 atom stereocenters. The number of benzene rings is 3. The van der Waals surface area contributed by atoms with Gasteiger partial charge in [-0.25, -0.2) is 0 Å². The maximum Gasteiger partial charge on any atom is 0.239 e. The molecule has 3 N–H and O–H groups in total. The lowest BCUT2D eigenvalue weighted by atomic mass is 9.73. The molecule has 1 aliphatic carbocycles. The van der Waals surface area contributed by atoms with Gasteiger partial charge in [0.05, 0.1) is 24.0 Å². The van der Waals surface area contributed by atoms with Crippen LogP contribution in [-0.2, 0) is 21.4 Å². The van der Waals surface area contributed by atoms with Crippen LogP contribution in [0.25, 0.3) is 10.9 Å². The predicted octanol–water partition coefficient (Wildman–Crippen LogP) is 7.44. The molecule has 2 aliphatic rings. The molecule has 0 fully saturated rings. The molecule has 6 nitrogen and oxygen atoms in total. The molecule has 222 valence electrons. The molecule has 0 spiro atoms. The molecule has 2 heterocycles. The van der Waals surface area contributed by atoms with Gasteiger partial charge in [0, 0.05) is 41.3 Å². The summed E-state index contributed by atoms with van der Waals surface area (Å²) in [6, 6.07) is 24.5. The number of ketones is 1. The number of H-pyrrole nitrogens is 1. The molecular formula is C37H42N4O2. The van der Waals surface area contributed by atoms with Crippen molar-refractivity contribution in [3.8, 4) is 0 Å². The van der Waals surface area contributed by atoms with Crippen molar-refractivity contribution >= 4 is 34.0 Å². The van der Waals surface area contributed by atoms with E-state index in [9.17, 15) is 9.59 Å². The van der Waals surface area contributed by atoms with Gasteiger partial charge < -0.3 is 20.5 Å². The van der Waals surface area contributed by atoms with Gasteiger partial charge in [0.25, 0.3) is 0 Å². The monoisotopic (exact) mass is 574 g/mol. The third kappa shape index (κ3) is 5.83. The van der Waals surface area contributed by atoms with Crippen LogP contribution < -0.4 is 15.5 Å². The number of Topliss-reactive ketones (excluding diaryl/α,β-unsaturated/α-hetero) is 1. The van der Waals surface area contributed by atoms with E-state index in [1.165, 1.54) is 16.5 Å². The fourth-order valence-corrected chi connectivity index (χ4v) is 6.62. The third-order valence-electron chi connectivity index (χ3n) is 8.80. The van der Waals surface area contributed by atoms with Gasteiger partial charge in [-0.05, 0) is 58.6 Å². The average molecular weight is 575 g/mol. The summed E-state index contributed by atoms with van der Waals surface area (Å²) < 4.78 is 0. The van der Waals surface area contributed by atoms with Crippen molar-refractivity contribution in [1.82, 2.24) is 10.3 Å². The lowest BCUT2D eigenvalue weighted by molar-refractivity contribution is -0.120. The Kier molecular flexibility index (Phi) is 7.41. The molecule has 0 bridgehead atoms. The van der Waals surface area contributed by atoms with Gasteiger partial charge in [-0.2, -0.15) is 0 Å². The normalized spacial score (nSPS) is 18.1. The Morgan fingerprint density at radius 2 is 1.70 bits per heavy atom. The molecular weight excluding hydrogens is 532 g/mol. The lowest BCUT2D eigenvalue weighted by Crippen LogP contribution is -2.42. The highest BCUT2D eigenvalue weighted by Gasteiger charge is 2.42.